The number of aromatic nitrogens is 10. The van der Waals surface area contributed by atoms with E-state index in [9.17, 15) is 39.6 Å². The fraction of sp³-hybridized carbons (Fsp3) is 0.320. The van der Waals surface area contributed by atoms with Gasteiger partial charge in [0.15, 0.2) is 0 Å². The van der Waals surface area contributed by atoms with Gasteiger partial charge in [-0.05, 0) is 212 Å². The first-order chi connectivity index (χ1) is 63.7. The first-order valence-electron chi connectivity index (χ1n) is 44.4. The Morgan fingerprint density at radius 3 is 1.01 bits per heavy atom. The summed E-state index contributed by atoms with van der Waals surface area (Å²) in [5.41, 5.74) is 13.0. The number of ether oxygens (including phenoxy) is 5. The van der Waals surface area contributed by atoms with Crippen molar-refractivity contribution in [2.75, 3.05) is 124 Å². The molecule has 0 aliphatic carbocycles. The Kier molecular flexibility index (Phi) is 28.8. The first kappa shape index (κ1) is 91.2. The molecule has 0 saturated carbocycles. The molecule has 4 aliphatic rings. The van der Waals surface area contributed by atoms with Gasteiger partial charge in [0, 0.05) is 135 Å². The summed E-state index contributed by atoms with van der Waals surface area (Å²) in [4.78, 5) is 88.3. The molecule has 131 heavy (non-hydrogen) atoms. The van der Waals surface area contributed by atoms with Crippen molar-refractivity contribution in [3.05, 3.63) is 327 Å². The van der Waals surface area contributed by atoms with Crippen molar-refractivity contribution in [3.8, 4) is 0 Å². The first-order valence-corrected chi connectivity index (χ1v) is 46.0. The maximum atomic E-state index is 13.6. The molecule has 10 heterocycles. The Morgan fingerprint density at radius 2 is 0.695 bits per heavy atom. The Balaban J connectivity index is 0.000000123. The summed E-state index contributed by atoms with van der Waals surface area (Å²) >= 11 is 6.85. The summed E-state index contributed by atoms with van der Waals surface area (Å²) < 4.78 is 34.5. The van der Waals surface area contributed by atoms with Gasteiger partial charge < -0.3 is 58.8 Å². The Morgan fingerprint density at radius 1 is 0.366 bits per heavy atom. The number of methoxy groups -OCH3 is 1. The number of aliphatic hydroxyl groups is 4. The Labute approximate surface area is 773 Å². The highest BCUT2D eigenvalue weighted by Crippen LogP contribution is 2.36. The minimum Gasteiger partial charge on any atom is -0.389 e. The number of fused-ring (bicyclic) bond motifs is 12. The maximum Gasteiger partial charge on any atom is 0.261 e. The van der Waals surface area contributed by atoms with Crippen LogP contribution in [0, 0.1) is 0 Å². The normalized spacial score (nSPS) is 18.8. The molecule has 28 heteroatoms. The molecular weight excluding hydrogens is 1790 g/mol. The van der Waals surface area contributed by atoms with Crippen LogP contribution in [0.1, 0.15) is 94.6 Å². The van der Waals surface area contributed by atoms with E-state index in [0.29, 0.717) is 128 Å². The lowest BCUT2D eigenvalue weighted by Gasteiger charge is -2.29. The van der Waals surface area contributed by atoms with E-state index in [1.165, 1.54) is 16.8 Å². The Bertz CT molecular complexity index is 7070. The largest absolute Gasteiger partial charge is 0.389 e. The number of anilines is 2. The third-order valence-corrected chi connectivity index (χ3v) is 26.4. The minimum absolute atomic E-state index is 0.115. The van der Waals surface area contributed by atoms with Crippen LogP contribution < -0.4 is 32.0 Å². The topological polar surface area (TPSA) is 302 Å². The average Bonchev–Trinajstić information content (AvgIpc) is 0.763. The van der Waals surface area contributed by atoms with E-state index in [1.807, 2.05) is 127 Å². The molecule has 674 valence electrons. The summed E-state index contributed by atoms with van der Waals surface area (Å²) in [5.74, 6) is 0. The molecule has 10 aromatic carbocycles. The van der Waals surface area contributed by atoms with Gasteiger partial charge in [-0.2, -0.15) is 0 Å². The van der Waals surface area contributed by atoms with Crippen LogP contribution in [-0.2, 0) is 49.4 Å². The predicted molar refractivity (Wildman–Crippen MR) is 521 cm³/mol. The van der Waals surface area contributed by atoms with E-state index < -0.39 is 24.4 Å². The van der Waals surface area contributed by atoms with E-state index >= 15 is 0 Å². The molecule has 0 amide bonds. The molecule has 26 nitrogen and oxygen atoms in total. The van der Waals surface area contributed by atoms with E-state index in [4.69, 9.17) is 28.7 Å². The van der Waals surface area contributed by atoms with E-state index in [0.717, 1.165) is 111 Å². The van der Waals surface area contributed by atoms with Crippen LogP contribution in [0.5, 0.6) is 0 Å². The number of benzene rings is 10. The molecule has 0 spiro atoms. The fourth-order valence-corrected chi connectivity index (χ4v) is 18.9. The maximum absolute atomic E-state index is 13.6. The third kappa shape index (κ3) is 20.2. The fourth-order valence-electron chi connectivity index (χ4n) is 18.3. The van der Waals surface area contributed by atoms with Crippen LogP contribution in [0.25, 0.3) is 86.7 Å². The molecule has 20 rings (SSSR count). The number of likely N-dealkylation sites (N-methyl/N-ethyl adjacent to an activating group) is 3. The monoisotopic (exact) mass is 1890 g/mol. The molecule has 0 radical (unpaired) electrons. The van der Waals surface area contributed by atoms with E-state index in [1.54, 1.807) is 56.9 Å². The van der Waals surface area contributed by atoms with Crippen LogP contribution in [0.3, 0.4) is 0 Å². The number of rotatable bonds is 20. The van der Waals surface area contributed by atoms with Crippen molar-refractivity contribution in [3.63, 3.8) is 0 Å². The number of hydrogen-bond acceptors (Lipinski definition) is 22. The lowest BCUT2D eigenvalue weighted by Crippen LogP contribution is -2.39. The summed E-state index contributed by atoms with van der Waals surface area (Å²) in [6, 6.07) is 65.7. The molecule has 0 bridgehead atoms. The second kappa shape index (κ2) is 41.4. The van der Waals surface area contributed by atoms with Crippen molar-refractivity contribution in [2.45, 2.75) is 99.9 Å². The standard InChI is InChI=1S/C29H34N4O3.C28H31N3O4.2C23H20BrN3O3/c1-31(2)13-14-32(3)22-10-8-20(9-11-22)16-21-17-25-28(24-7-5-4-6-23(21)24)30-19-33(29(25)35)26-12-15-36-18-27(26)34;1-30(12-14-34-2)21-9-7-19(8-10-21)15-20-16-24-27(23-6-4-3-5-22(20)23)29-18-31(28(24)33)25-11-13-35-17-26(25)32;24-21-7-3-4-15(26-21)10-14-11-18-22(17-6-2-1-5-16(14)17)25-13-27(23(18)29)19-8-9-30-12-20(19)28;24-15-5-6-16(25-11-15)9-14-10-19-22(18-4-2-1-3-17(14)18)26-13-27(23(19)29)20-7-8-30-12-21(20)28/h4-11,17,19,26-27,34H,12-16,18H2,1-3H3;3-10,16,18,25-26,32H,11-15,17H2,1-2H3;1-7,11,13,19-20,28H,8-10,12H2;1-6,10-11,13,20-21,28H,7-9,12H2/t26-,27-;25-,26-;19-,20-;20-,21-/m0000/s1. The van der Waals surface area contributed by atoms with Gasteiger partial charge in [0.25, 0.3) is 22.2 Å². The third-order valence-electron chi connectivity index (χ3n) is 25.5. The van der Waals surface area contributed by atoms with Gasteiger partial charge in [-0.1, -0.05) is 127 Å². The van der Waals surface area contributed by atoms with Crippen molar-refractivity contribution < 1.29 is 44.1 Å². The highest BCUT2D eigenvalue weighted by Gasteiger charge is 2.32. The second-order valence-corrected chi connectivity index (χ2v) is 36.1. The summed E-state index contributed by atoms with van der Waals surface area (Å²) in [5, 5.41) is 52.0. The zero-order valence-electron chi connectivity index (χ0n) is 73.7. The van der Waals surface area contributed by atoms with E-state index in [2.05, 4.69) is 172 Å². The van der Waals surface area contributed by atoms with Gasteiger partial charge in [0.1, 0.15) is 4.60 Å². The molecular formula is C103H105Br2N13O13. The van der Waals surface area contributed by atoms with Crippen molar-refractivity contribution >= 4 is 130 Å². The van der Waals surface area contributed by atoms with Crippen LogP contribution in [0.4, 0.5) is 11.4 Å². The SMILES string of the molecule is CN(C)CCN(C)c1ccc(Cc2cc3c(=O)n([C@H]4CCOC[C@@H]4O)cnc3c3ccccc23)cc1.COCCN(C)c1ccc(Cc2cc3c(=O)n([C@H]4CCOC[C@@H]4O)cnc3c3ccccc23)cc1.O=c1c2cc(Cc3ccc(Br)cn3)c3ccccc3c2ncn1[C@H]1CCOC[C@@H]1O.O=c1c2cc(Cc3cccc(Br)n3)c3ccccc3c2ncn1[C@H]1CCOC[C@@H]1O. The molecule has 16 aromatic rings. The highest BCUT2D eigenvalue weighted by atomic mass is 79.9. The molecule has 4 N–H and O–H groups in total. The molecule has 0 unspecified atom stereocenters. The molecule has 4 aliphatic heterocycles. The lowest BCUT2D eigenvalue weighted by molar-refractivity contribution is -0.0395. The zero-order valence-corrected chi connectivity index (χ0v) is 76.9. The highest BCUT2D eigenvalue weighted by molar-refractivity contribution is 9.10. The van der Waals surface area contributed by atoms with Crippen LogP contribution in [0.2, 0.25) is 0 Å². The van der Waals surface area contributed by atoms with Crippen molar-refractivity contribution in [1.29, 1.82) is 0 Å². The molecule has 6 aromatic heterocycles. The van der Waals surface area contributed by atoms with Gasteiger partial charge in [-0.25, -0.2) is 24.9 Å². The molecule has 4 saturated heterocycles. The smallest absolute Gasteiger partial charge is 0.261 e. The van der Waals surface area contributed by atoms with Gasteiger partial charge in [0.2, 0.25) is 0 Å². The Hall–Kier alpha value is -11.7. The van der Waals surface area contributed by atoms with Crippen molar-refractivity contribution in [2.24, 2.45) is 0 Å². The number of hydrogen-bond donors (Lipinski definition) is 4. The number of nitrogens with zero attached hydrogens (tertiary/aromatic N) is 13. The number of aliphatic hydroxyl groups excluding tert-OH is 4. The predicted octanol–water partition coefficient (Wildman–Crippen LogP) is 14.2. The summed E-state index contributed by atoms with van der Waals surface area (Å²) in [6.45, 7) is 6.47. The van der Waals surface area contributed by atoms with Crippen LogP contribution in [-0.4, -0.2) is 212 Å². The molecule has 4 fully saturated rings. The summed E-state index contributed by atoms with van der Waals surface area (Å²) in [7, 11) is 10.0. The van der Waals surface area contributed by atoms with Gasteiger partial charge in [-0.3, -0.25) is 42.4 Å². The van der Waals surface area contributed by atoms with Gasteiger partial charge in [0.05, 0.1) is 151 Å². The summed E-state index contributed by atoms with van der Waals surface area (Å²) in [6.07, 6.45) is 10.1. The van der Waals surface area contributed by atoms with Gasteiger partial charge in [-0.15, -0.1) is 0 Å². The van der Waals surface area contributed by atoms with Crippen LogP contribution >= 0.6 is 31.9 Å². The van der Waals surface area contributed by atoms with Crippen molar-refractivity contribution in [1.82, 2.24) is 53.1 Å². The zero-order chi connectivity index (χ0) is 90.9. The number of pyridine rings is 2. The van der Waals surface area contributed by atoms with Crippen LogP contribution in [0.15, 0.2) is 260 Å². The number of halogens is 2. The second-order valence-electron chi connectivity index (χ2n) is 34.3. The van der Waals surface area contributed by atoms with Gasteiger partial charge >= 0.3 is 0 Å². The lowest BCUT2D eigenvalue weighted by atomic mass is 9.95. The average molecular weight is 1890 g/mol. The minimum atomic E-state index is -0.721. The van der Waals surface area contributed by atoms with E-state index in [-0.39, 0.29) is 72.8 Å². The quantitative estimate of drug-likeness (QED) is 0.0407. The molecule has 8 atom stereocenters.